The Morgan fingerprint density at radius 1 is 1.06 bits per heavy atom. The molecule has 2 aromatic rings. The van der Waals surface area contributed by atoms with Gasteiger partial charge in [-0.25, -0.2) is 4.98 Å². The van der Waals surface area contributed by atoms with Crippen LogP contribution in [0.5, 0.6) is 0 Å². The molecule has 0 bridgehead atoms. The van der Waals surface area contributed by atoms with Gasteiger partial charge in [-0.15, -0.1) is 0 Å². The minimum Gasteiger partial charge on any atom is -0.368 e. The Morgan fingerprint density at radius 2 is 1.71 bits per heavy atom. The number of rotatable bonds is 2. The second-order valence-electron chi connectivity index (χ2n) is 3.54. The molecule has 2 rings (SSSR count). The Bertz CT molecular complexity index is 467. The number of nitrogens with two attached hydrogens (primary N) is 1. The average molecular weight is 358 g/mol. The molecule has 0 spiro atoms. The van der Waals surface area contributed by atoms with Crippen LogP contribution in [0, 0.1) is 6.92 Å². The summed E-state index contributed by atoms with van der Waals surface area (Å²) in [6.07, 6.45) is 0. The fourth-order valence-electron chi connectivity index (χ4n) is 1.43. The number of nitrogens with one attached hydrogen (secondary N) is 1. The molecule has 0 unspecified atom stereocenters. The summed E-state index contributed by atoms with van der Waals surface area (Å²) in [5, 5.41) is 3.18. The van der Waals surface area contributed by atoms with E-state index in [0.717, 1.165) is 20.3 Å². The molecule has 4 nitrogen and oxygen atoms in total. The second-order valence-corrected chi connectivity index (χ2v) is 5.37. The molecule has 6 heteroatoms. The van der Waals surface area contributed by atoms with E-state index in [9.17, 15) is 0 Å². The van der Waals surface area contributed by atoms with Gasteiger partial charge in [0.15, 0.2) is 0 Å². The Morgan fingerprint density at radius 3 is 2.29 bits per heavy atom. The SMILES string of the molecule is Cc1cc(Nc2cc(Br)cc(Br)c2)nc(N)n1. The van der Waals surface area contributed by atoms with E-state index in [4.69, 9.17) is 5.73 Å². The van der Waals surface area contributed by atoms with Crippen molar-refractivity contribution in [2.75, 3.05) is 11.1 Å². The van der Waals surface area contributed by atoms with Crippen LogP contribution in [-0.4, -0.2) is 9.97 Å². The molecule has 0 fully saturated rings. The molecule has 3 N–H and O–H groups in total. The molecule has 0 amide bonds. The molecular weight excluding hydrogens is 348 g/mol. The fraction of sp³-hybridized carbons (Fsp3) is 0.0909. The first-order valence-electron chi connectivity index (χ1n) is 4.87. The van der Waals surface area contributed by atoms with Gasteiger partial charge in [0, 0.05) is 26.4 Å². The Labute approximate surface area is 116 Å². The maximum absolute atomic E-state index is 5.59. The fourth-order valence-corrected chi connectivity index (χ4v) is 2.72. The number of nitrogen functional groups attached to an aromatic ring is 1. The van der Waals surface area contributed by atoms with Crippen molar-refractivity contribution in [2.24, 2.45) is 0 Å². The van der Waals surface area contributed by atoms with Gasteiger partial charge in [0.25, 0.3) is 0 Å². The lowest BCUT2D eigenvalue weighted by Gasteiger charge is -2.08. The number of aromatic nitrogens is 2. The molecule has 17 heavy (non-hydrogen) atoms. The summed E-state index contributed by atoms with van der Waals surface area (Å²) in [4.78, 5) is 8.13. The van der Waals surface area contributed by atoms with Gasteiger partial charge in [-0.05, 0) is 25.1 Å². The van der Waals surface area contributed by atoms with Crippen LogP contribution >= 0.6 is 31.9 Å². The number of anilines is 3. The van der Waals surface area contributed by atoms with Crippen molar-refractivity contribution >= 4 is 49.3 Å². The van der Waals surface area contributed by atoms with E-state index in [1.54, 1.807) is 0 Å². The van der Waals surface area contributed by atoms with E-state index < -0.39 is 0 Å². The first-order valence-corrected chi connectivity index (χ1v) is 6.46. The number of hydrogen-bond donors (Lipinski definition) is 2. The number of nitrogens with zero attached hydrogens (tertiary/aromatic N) is 2. The van der Waals surface area contributed by atoms with Crippen LogP contribution in [-0.2, 0) is 0 Å². The maximum Gasteiger partial charge on any atom is 0.222 e. The summed E-state index contributed by atoms with van der Waals surface area (Å²) < 4.78 is 1.96. The number of halogens is 2. The van der Waals surface area contributed by atoms with Crippen molar-refractivity contribution in [3.05, 3.63) is 38.9 Å². The Kier molecular flexibility index (Phi) is 3.63. The summed E-state index contributed by atoms with van der Waals surface area (Å²) in [5.41, 5.74) is 7.34. The van der Waals surface area contributed by atoms with Crippen LogP contribution in [0.2, 0.25) is 0 Å². The lowest BCUT2D eigenvalue weighted by atomic mass is 10.3. The van der Waals surface area contributed by atoms with E-state index in [2.05, 4.69) is 47.1 Å². The highest BCUT2D eigenvalue weighted by atomic mass is 79.9. The minimum atomic E-state index is 0.265. The molecule has 0 radical (unpaired) electrons. The van der Waals surface area contributed by atoms with Crippen molar-refractivity contribution in [3.8, 4) is 0 Å². The summed E-state index contributed by atoms with van der Waals surface area (Å²) in [6.45, 7) is 1.88. The highest BCUT2D eigenvalue weighted by molar-refractivity contribution is 9.11. The van der Waals surface area contributed by atoms with Crippen molar-refractivity contribution in [2.45, 2.75) is 6.92 Å². The molecule has 0 aliphatic carbocycles. The van der Waals surface area contributed by atoms with E-state index in [0.29, 0.717) is 5.82 Å². The highest BCUT2D eigenvalue weighted by Crippen LogP contribution is 2.25. The van der Waals surface area contributed by atoms with Gasteiger partial charge in [0.1, 0.15) is 5.82 Å². The Hall–Kier alpha value is -1.14. The van der Waals surface area contributed by atoms with Gasteiger partial charge in [-0.1, -0.05) is 31.9 Å². The van der Waals surface area contributed by atoms with Crippen molar-refractivity contribution < 1.29 is 0 Å². The van der Waals surface area contributed by atoms with Gasteiger partial charge in [-0.3, -0.25) is 0 Å². The number of aryl methyl sites for hydroxylation is 1. The predicted molar refractivity (Wildman–Crippen MR) is 76.3 cm³/mol. The number of benzene rings is 1. The minimum absolute atomic E-state index is 0.265. The van der Waals surface area contributed by atoms with Gasteiger partial charge in [-0.2, -0.15) is 4.98 Å². The summed E-state index contributed by atoms with van der Waals surface area (Å²) in [5.74, 6) is 0.946. The quantitative estimate of drug-likeness (QED) is 0.861. The van der Waals surface area contributed by atoms with Crippen LogP contribution in [0.3, 0.4) is 0 Å². The third kappa shape index (κ3) is 3.41. The summed E-state index contributed by atoms with van der Waals surface area (Å²) >= 11 is 6.86. The van der Waals surface area contributed by atoms with Gasteiger partial charge < -0.3 is 11.1 Å². The average Bonchev–Trinajstić information content (AvgIpc) is 2.13. The van der Waals surface area contributed by atoms with E-state index >= 15 is 0 Å². The molecule has 0 aliphatic heterocycles. The van der Waals surface area contributed by atoms with Gasteiger partial charge >= 0.3 is 0 Å². The molecule has 1 heterocycles. The molecule has 1 aromatic heterocycles. The number of hydrogen-bond acceptors (Lipinski definition) is 4. The molecular formula is C11H10Br2N4. The lowest BCUT2D eigenvalue weighted by Crippen LogP contribution is -2.01. The molecule has 0 saturated heterocycles. The van der Waals surface area contributed by atoms with Crippen LogP contribution in [0.1, 0.15) is 5.69 Å². The van der Waals surface area contributed by atoms with E-state index in [-0.39, 0.29) is 5.95 Å². The van der Waals surface area contributed by atoms with Crippen LogP contribution in [0.4, 0.5) is 17.5 Å². The van der Waals surface area contributed by atoms with Crippen molar-refractivity contribution in [3.63, 3.8) is 0 Å². The van der Waals surface area contributed by atoms with Crippen molar-refractivity contribution in [1.82, 2.24) is 9.97 Å². The molecule has 0 saturated carbocycles. The standard InChI is InChI=1S/C11H10Br2N4/c1-6-2-10(17-11(14)15-6)16-9-4-7(12)3-8(13)5-9/h2-5H,1H3,(H3,14,15,16,17). The van der Waals surface area contributed by atoms with Crippen LogP contribution < -0.4 is 11.1 Å². The smallest absolute Gasteiger partial charge is 0.222 e. The molecule has 88 valence electrons. The summed E-state index contributed by atoms with van der Waals surface area (Å²) in [7, 11) is 0. The first-order chi connectivity index (χ1) is 8.02. The third-order valence-corrected chi connectivity index (χ3v) is 2.92. The highest BCUT2D eigenvalue weighted by Gasteiger charge is 2.02. The monoisotopic (exact) mass is 356 g/mol. The largest absolute Gasteiger partial charge is 0.368 e. The predicted octanol–water partition coefficient (Wildman–Crippen LogP) is 3.64. The van der Waals surface area contributed by atoms with Gasteiger partial charge in [0.2, 0.25) is 5.95 Å². The normalized spacial score (nSPS) is 10.3. The zero-order chi connectivity index (χ0) is 12.4. The van der Waals surface area contributed by atoms with Gasteiger partial charge in [0.05, 0.1) is 0 Å². The van der Waals surface area contributed by atoms with Crippen LogP contribution in [0.25, 0.3) is 0 Å². The van der Waals surface area contributed by atoms with Crippen molar-refractivity contribution in [1.29, 1.82) is 0 Å². The zero-order valence-electron chi connectivity index (χ0n) is 9.04. The topological polar surface area (TPSA) is 63.8 Å². The first kappa shape index (κ1) is 12.3. The third-order valence-electron chi connectivity index (χ3n) is 2.01. The van der Waals surface area contributed by atoms with E-state index in [1.807, 2.05) is 31.2 Å². The summed E-state index contributed by atoms with van der Waals surface area (Å²) in [6, 6.07) is 7.72. The molecule has 1 aromatic carbocycles. The van der Waals surface area contributed by atoms with E-state index in [1.165, 1.54) is 0 Å². The maximum atomic E-state index is 5.59. The Balaban J connectivity index is 2.31. The zero-order valence-corrected chi connectivity index (χ0v) is 12.2. The lowest BCUT2D eigenvalue weighted by molar-refractivity contribution is 1.12. The molecule has 0 atom stereocenters. The second kappa shape index (κ2) is 5.01. The molecule has 0 aliphatic rings. The van der Waals surface area contributed by atoms with Crippen LogP contribution in [0.15, 0.2) is 33.2 Å².